The molecule has 2 aromatic carbocycles. The second-order valence-corrected chi connectivity index (χ2v) is 7.07. The van der Waals surface area contributed by atoms with Gasteiger partial charge in [-0.1, -0.05) is 24.3 Å². The van der Waals surface area contributed by atoms with Gasteiger partial charge in [-0.15, -0.1) is 5.01 Å². The fourth-order valence-electron chi connectivity index (χ4n) is 3.14. The normalized spacial score (nSPS) is 18.4. The Morgan fingerprint density at radius 1 is 1.20 bits per heavy atom. The molecule has 1 N–H and O–H groups in total. The van der Waals surface area contributed by atoms with Crippen LogP contribution >= 0.6 is 0 Å². The third-order valence-corrected chi connectivity index (χ3v) is 5.05. The molecule has 0 unspecified atom stereocenters. The number of methoxy groups -OCH3 is 1. The van der Waals surface area contributed by atoms with E-state index in [-0.39, 0.29) is 0 Å². The van der Waals surface area contributed by atoms with Gasteiger partial charge in [0.15, 0.2) is 0 Å². The molecule has 154 valence electrons. The van der Waals surface area contributed by atoms with Crippen LogP contribution in [0, 0.1) is 11.3 Å². The van der Waals surface area contributed by atoms with Crippen LogP contribution in [0.4, 0.5) is 10.5 Å². The molecule has 2 aromatic rings. The Balaban J connectivity index is 1.73. The van der Waals surface area contributed by atoms with Crippen LogP contribution in [-0.2, 0) is 10.3 Å². The van der Waals surface area contributed by atoms with Crippen molar-refractivity contribution in [3.63, 3.8) is 0 Å². The minimum absolute atomic E-state index is 0.443. The maximum atomic E-state index is 12.9. The Morgan fingerprint density at radius 3 is 2.47 bits per heavy atom. The zero-order valence-electron chi connectivity index (χ0n) is 17.1. The van der Waals surface area contributed by atoms with E-state index in [4.69, 9.17) is 10.00 Å². The van der Waals surface area contributed by atoms with Crippen molar-refractivity contribution in [2.24, 2.45) is 5.10 Å². The molecule has 30 heavy (non-hydrogen) atoms. The first-order valence-corrected chi connectivity index (χ1v) is 9.42. The maximum Gasteiger partial charge on any atom is 0.346 e. The third kappa shape index (κ3) is 4.10. The van der Waals surface area contributed by atoms with Crippen LogP contribution in [0.2, 0.25) is 0 Å². The standard InChI is InChI=1S/C22H23N5O3/c1-22(17-7-11-19(30-3)12-8-17)20(28)27(21(29)25-22)24-15-16-5-9-18(10-6-16)26(2)14-4-13-23/h5-12,15H,4,14H2,1-3H3,(H,25,29)/b24-15-/t22-/m0/s1. The van der Waals surface area contributed by atoms with E-state index in [2.05, 4.69) is 16.5 Å². The van der Waals surface area contributed by atoms with Crippen molar-refractivity contribution in [3.05, 3.63) is 59.7 Å². The first-order valence-electron chi connectivity index (χ1n) is 9.42. The van der Waals surface area contributed by atoms with Gasteiger partial charge in [0, 0.05) is 19.3 Å². The number of urea groups is 1. The highest BCUT2D eigenvalue weighted by Gasteiger charge is 2.49. The summed E-state index contributed by atoms with van der Waals surface area (Å²) in [7, 11) is 3.47. The summed E-state index contributed by atoms with van der Waals surface area (Å²) in [6.45, 7) is 2.28. The summed E-state index contributed by atoms with van der Waals surface area (Å²) in [4.78, 5) is 27.3. The molecule has 1 aliphatic rings. The van der Waals surface area contributed by atoms with Gasteiger partial charge in [0.05, 0.1) is 25.8 Å². The highest BCUT2D eigenvalue weighted by molar-refractivity contribution is 6.07. The molecule has 3 rings (SSSR count). The summed E-state index contributed by atoms with van der Waals surface area (Å²) in [6.07, 6.45) is 1.91. The van der Waals surface area contributed by atoms with Crippen molar-refractivity contribution < 1.29 is 14.3 Å². The topological polar surface area (TPSA) is 98.0 Å². The lowest BCUT2D eigenvalue weighted by molar-refractivity contribution is -0.131. The smallest absolute Gasteiger partial charge is 0.346 e. The summed E-state index contributed by atoms with van der Waals surface area (Å²) < 4.78 is 5.14. The van der Waals surface area contributed by atoms with E-state index in [0.717, 1.165) is 16.3 Å². The molecule has 1 heterocycles. The van der Waals surface area contributed by atoms with Gasteiger partial charge in [0.2, 0.25) is 0 Å². The Morgan fingerprint density at radius 2 is 1.87 bits per heavy atom. The molecule has 1 aliphatic heterocycles. The molecule has 1 fully saturated rings. The number of rotatable bonds is 7. The average molecular weight is 405 g/mol. The summed E-state index contributed by atoms with van der Waals surface area (Å²) >= 11 is 0. The number of carbonyl (C=O) groups is 2. The van der Waals surface area contributed by atoms with E-state index in [9.17, 15) is 9.59 Å². The second kappa shape index (κ2) is 8.66. The van der Waals surface area contributed by atoms with Gasteiger partial charge < -0.3 is 15.0 Å². The second-order valence-electron chi connectivity index (χ2n) is 7.07. The summed E-state index contributed by atoms with van der Waals surface area (Å²) in [5.41, 5.74) is 1.15. The van der Waals surface area contributed by atoms with Crippen molar-refractivity contribution in [2.45, 2.75) is 18.9 Å². The van der Waals surface area contributed by atoms with Crippen molar-refractivity contribution in [1.29, 1.82) is 5.26 Å². The first-order chi connectivity index (χ1) is 14.4. The van der Waals surface area contributed by atoms with Gasteiger partial charge in [0.1, 0.15) is 11.3 Å². The molecule has 0 aliphatic carbocycles. The summed E-state index contributed by atoms with van der Waals surface area (Å²) in [5, 5.41) is 16.3. The van der Waals surface area contributed by atoms with Crippen LogP contribution in [0.1, 0.15) is 24.5 Å². The maximum absolute atomic E-state index is 12.9. The number of amides is 3. The van der Waals surface area contributed by atoms with Crippen LogP contribution in [0.3, 0.4) is 0 Å². The quantitative estimate of drug-likeness (QED) is 0.564. The van der Waals surface area contributed by atoms with E-state index in [1.54, 1.807) is 38.3 Å². The average Bonchev–Trinajstić information content (AvgIpc) is 2.99. The van der Waals surface area contributed by atoms with E-state index in [0.29, 0.717) is 24.3 Å². The summed E-state index contributed by atoms with van der Waals surface area (Å²) in [5.74, 6) is 0.206. The number of nitrogens with one attached hydrogen (secondary N) is 1. The van der Waals surface area contributed by atoms with Crippen molar-refractivity contribution in [3.8, 4) is 11.8 Å². The molecule has 3 amide bonds. The van der Waals surface area contributed by atoms with Gasteiger partial charge in [-0.3, -0.25) is 4.79 Å². The van der Waals surface area contributed by atoms with Crippen molar-refractivity contribution >= 4 is 23.8 Å². The van der Waals surface area contributed by atoms with E-state index in [1.807, 2.05) is 36.2 Å². The lowest BCUT2D eigenvalue weighted by atomic mass is 9.92. The number of nitrogens with zero attached hydrogens (tertiary/aromatic N) is 4. The zero-order chi connectivity index (χ0) is 21.7. The molecular weight excluding hydrogens is 382 g/mol. The van der Waals surface area contributed by atoms with E-state index in [1.165, 1.54) is 6.21 Å². The van der Waals surface area contributed by atoms with Gasteiger partial charge >= 0.3 is 6.03 Å². The zero-order valence-corrected chi connectivity index (χ0v) is 17.1. The first kappa shape index (κ1) is 20.9. The fraction of sp³-hybridized carbons (Fsp3) is 0.273. The van der Waals surface area contributed by atoms with Crippen LogP contribution in [0.25, 0.3) is 0 Å². The summed E-state index contributed by atoms with van der Waals surface area (Å²) in [6, 6.07) is 16.0. The van der Waals surface area contributed by atoms with Crippen LogP contribution < -0.4 is 15.0 Å². The van der Waals surface area contributed by atoms with Gasteiger partial charge in [0.25, 0.3) is 5.91 Å². The highest BCUT2D eigenvalue weighted by atomic mass is 16.5. The molecule has 0 saturated carbocycles. The minimum Gasteiger partial charge on any atom is -0.497 e. The molecule has 0 radical (unpaired) electrons. The molecule has 0 bridgehead atoms. The number of ether oxygens (including phenoxy) is 1. The predicted molar refractivity (Wildman–Crippen MR) is 113 cm³/mol. The van der Waals surface area contributed by atoms with Gasteiger partial charge in [-0.05, 0) is 42.3 Å². The Hall–Kier alpha value is -3.86. The Bertz CT molecular complexity index is 995. The minimum atomic E-state index is -1.20. The number of imide groups is 1. The predicted octanol–water partition coefficient (Wildman–Crippen LogP) is 2.85. The van der Waals surface area contributed by atoms with E-state index >= 15 is 0 Å². The van der Waals surface area contributed by atoms with Crippen LogP contribution in [0.5, 0.6) is 5.75 Å². The SMILES string of the molecule is COc1ccc([C@]2(C)NC(=O)N(/N=C\c3ccc(N(C)CCC#N)cc3)C2=O)cc1. The number of hydrazone groups is 1. The molecular formula is C22H23N5O3. The van der Waals surface area contributed by atoms with Crippen molar-refractivity contribution in [2.75, 3.05) is 25.6 Å². The molecule has 8 nitrogen and oxygen atoms in total. The highest BCUT2D eigenvalue weighted by Crippen LogP contribution is 2.30. The largest absolute Gasteiger partial charge is 0.497 e. The number of hydrogen-bond acceptors (Lipinski definition) is 6. The van der Waals surface area contributed by atoms with E-state index < -0.39 is 17.5 Å². The lowest BCUT2D eigenvalue weighted by Gasteiger charge is -2.21. The Kier molecular flexibility index (Phi) is 6.02. The lowest BCUT2D eigenvalue weighted by Crippen LogP contribution is -2.40. The fourth-order valence-corrected chi connectivity index (χ4v) is 3.14. The van der Waals surface area contributed by atoms with Crippen molar-refractivity contribution in [1.82, 2.24) is 10.3 Å². The molecule has 8 heteroatoms. The van der Waals surface area contributed by atoms with Gasteiger partial charge in [-0.2, -0.15) is 10.4 Å². The Labute approximate surface area is 175 Å². The molecule has 1 atom stereocenters. The van der Waals surface area contributed by atoms with Crippen LogP contribution in [-0.4, -0.2) is 43.9 Å². The third-order valence-electron chi connectivity index (χ3n) is 5.05. The van der Waals surface area contributed by atoms with Gasteiger partial charge in [-0.25, -0.2) is 4.79 Å². The molecule has 0 aromatic heterocycles. The number of carbonyl (C=O) groups excluding carboxylic acids is 2. The van der Waals surface area contributed by atoms with Crippen LogP contribution in [0.15, 0.2) is 53.6 Å². The number of benzene rings is 2. The molecule has 1 saturated heterocycles. The monoisotopic (exact) mass is 405 g/mol. The number of nitriles is 1. The number of anilines is 1. The molecule has 0 spiro atoms. The number of hydrogen-bond donors (Lipinski definition) is 1.